The summed E-state index contributed by atoms with van der Waals surface area (Å²) in [4.78, 5) is 14.4. The summed E-state index contributed by atoms with van der Waals surface area (Å²) in [5.41, 5.74) is 0.698. The number of carbonyl (C=O) groups is 1. The molecule has 1 heterocycles. The molecule has 2 aromatic rings. The molecule has 1 aliphatic heterocycles. The Labute approximate surface area is 216 Å². The van der Waals surface area contributed by atoms with Crippen molar-refractivity contribution < 1.29 is 28.6 Å². The van der Waals surface area contributed by atoms with Crippen molar-refractivity contribution in [3.8, 4) is 11.8 Å². The van der Waals surface area contributed by atoms with Gasteiger partial charge >= 0.3 is 0 Å². The van der Waals surface area contributed by atoms with Crippen molar-refractivity contribution in [3.05, 3.63) is 70.8 Å². The second-order valence-corrected chi connectivity index (χ2v) is 9.58. The van der Waals surface area contributed by atoms with Crippen LogP contribution in [-0.2, 0) is 22.5 Å². The van der Waals surface area contributed by atoms with Gasteiger partial charge in [-0.1, -0.05) is 36.1 Å². The Hall–Kier alpha value is -2.87. The first kappa shape index (κ1) is 28.7. The van der Waals surface area contributed by atoms with Crippen molar-refractivity contribution in [3.63, 3.8) is 0 Å². The van der Waals surface area contributed by atoms with Gasteiger partial charge in [0, 0.05) is 30.8 Å². The van der Waals surface area contributed by atoms with E-state index in [0.717, 1.165) is 63.4 Å². The topological polar surface area (TPSA) is 94.1 Å². The SMILES string of the molecule is CC(NCCCc1ccc(C#Cc2ccc(CN3CCOCC3)cc2)cc1)(C(=O)NO)C(C)(O)C(F)F. The molecule has 7 nitrogen and oxygen atoms in total. The maximum Gasteiger partial charge on any atom is 0.268 e. The highest BCUT2D eigenvalue weighted by atomic mass is 19.3. The van der Waals surface area contributed by atoms with Gasteiger partial charge in [-0.25, -0.2) is 14.3 Å². The number of nitrogens with zero attached hydrogens (tertiary/aromatic N) is 1. The first-order valence-corrected chi connectivity index (χ1v) is 12.4. The predicted octanol–water partition coefficient (Wildman–Crippen LogP) is 2.72. The highest BCUT2D eigenvalue weighted by molar-refractivity contribution is 5.86. The molecule has 2 aromatic carbocycles. The fraction of sp³-hybridized carbons (Fsp3) is 0.464. The minimum absolute atomic E-state index is 0.176. The molecule has 0 radical (unpaired) electrons. The Kier molecular flexibility index (Phi) is 10.1. The highest BCUT2D eigenvalue weighted by Crippen LogP contribution is 2.29. The standard InChI is InChI=1S/C28H35F2N3O4/c1-27(26(34)32-36,28(2,35)25(29)30)31-15-3-4-21-5-7-22(8-6-21)9-10-23-11-13-24(14-12-23)20-33-16-18-37-19-17-33/h5-8,11-14,25,31,35-36H,3-4,15-20H2,1-2H3,(H,32,34). The quantitative estimate of drug-likeness (QED) is 0.168. The third-order valence-electron chi connectivity index (χ3n) is 6.88. The summed E-state index contributed by atoms with van der Waals surface area (Å²) in [6, 6.07) is 16.0. The van der Waals surface area contributed by atoms with Crippen molar-refractivity contribution in [2.45, 2.75) is 50.8 Å². The molecule has 4 N–H and O–H groups in total. The Morgan fingerprint density at radius 3 is 2.08 bits per heavy atom. The van der Waals surface area contributed by atoms with E-state index in [1.807, 2.05) is 36.4 Å². The number of morpholine rings is 1. The molecule has 0 spiro atoms. The number of aliphatic hydroxyl groups is 1. The summed E-state index contributed by atoms with van der Waals surface area (Å²) < 4.78 is 32.0. The molecule has 9 heteroatoms. The number of halogens is 2. The number of hydrogen-bond donors (Lipinski definition) is 4. The van der Waals surface area contributed by atoms with Gasteiger partial charge in [-0.15, -0.1) is 0 Å². The lowest BCUT2D eigenvalue weighted by Crippen LogP contribution is -2.70. The third-order valence-corrected chi connectivity index (χ3v) is 6.88. The molecule has 200 valence electrons. The zero-order chi connectivity index (χ0) is 26.9. The number of amides is 1. The van der Waals surface area contributed by atoms with Crippen LogP contribution in [-0.4, -0.2) is 71.5 Å². The van der Waals surface area contributed by atoms with E-state index in [0.29, 0.717) is 12.8 Å². The number of alkyl halides is 2. The molecule has 0 aliphatic carbocycles. The lowest BCUT2D eigenvalue weighted by Gasteiger charge is -2.40. The predicted molar refractivity (Wildman–Crippen MR) is 136 cm³/mol. The molecule has 0 aromatic heterocycles. The van der Waals surface area contributed by atoms with Gasteiger partial charge < -0.3 is 15.2 Å². The van der Waals surface area contributed by atoms with Crippen LogP contribution in [0.3, 0.4) is 0 Å². The van der Waals surface area contributed by atoms with Crippen LogP contribution in [0.25, 0.3) is 0 Å². The van der Waals surface area contributed by atoms with E-state index in [-0.39, 0.29) is 6.54 Å². The second-order valence-electron chi connectivity index (χ2n) is 9.58. The van der Waals surface area contributed by atoms with Crippen molar-refractivity contribution in [1.82, 2.24) is 15.7 Å². The molecule has 1 fully saturated rings. The van der Waals surface area contributed by atoms with Gasteiger partial charge in [0.2, 0.25) is 0 Å². The molecular formula is C28H35F2N3O4. The van der Waals surface area contributed by atoms with E-state index in [4.69, 9.17) is 9.94 Å². The lowest BCUT2D eigenvalue weighted by atomic mass is 9.81. The summed E-state index contributed by atoms with van der Waals surface area (Å²) in [6.45, 7) is 6.56. The van der Waals surface area contributed by atoms with Crippen LogP contribution < -0.4 is 10.8 Å². The van der Waals surface area contributed by atoms with E-state index >= 15 is 0 Å². The van der Waals surface area contributed by atoms with Crippen LogP contribution in [0.15, 0.2) is 48.5 Å². The highest BCUT2D eigenvalue weighted by Gasteiger charge is 2.54. The van der Waals surface area contributed by atoms with Crippen LogP contribution in [0.2, 0.25) is 0 Å². The fourth-order valence-electron chi connectivity index (χ4n) is 4.06. The van der Waals surface area contributed by atoms with Crippen LogP contribution in [0, 0.1) is 11.8 Å². The number of aryl methyl sites for hydroxylation is 1. The minimum Gasteiger partial charge on any atom is -0.382 e. The smallest absolute Gasteiger partial charge is 0.268 e. The van der Waals surface area contributed by atoms with Crippen molar-refractivity contribution in [2.24, 2.45) is 0 Å². The number of ether oxygens (including phenoxy) is 1. The number of rotatable bonds is 10. The van der Waals surface area contributed by atoms with Gasteiger partial charge in [0.25, 0.3) is 12.3 Å². The lowest BCUT2D eigenvalue weighted by molar-refractivity contribution is -0.167. The molecule has 1 aliphatic rings. The zero-order valence-corrected chi connectivity index (χ0v) is 21.3. The molecule has 2 unspecified atom stereocenters. The number of hydrogen-bond acceptors (Lipinski definition) is 6. The third kappa shape index (κ3) is 7.57. The van der Waals surface area contributed by atoms with Gasteiger partial charge in [-0.2, -0.15) is 0 Å². The summed E-state index contributed by atoms with van der Waals surface area (Å²) in [7, 11) is 0. The number of nitrogens with one attached hydrogen (secondary N) is 2. The monoisotopic (exact) mass is 515 g/mol. The maximum absolute atomic E-state index is 13.3. The number of carbonyl (C=O) groups excluding carboxylic acids is 1. The van der Waals surface area contributed by atoms with Crippen molar-refractivity contribution >= 4 is 5.91 Å². The normalized spacial score (nSPS) is 17.4. The Morgan fingerprint density at radius 2 is 1.57 bits per heavy atom. The van der Waals surface area contributed by atoms with Crippen molar-refractivity contribution in [1.29, 1.82) is 0 Å². The van der Waals surface area contributed by atoms with E-state index in [1.54, 1.807) is 0 Å². The Morgan fingerprint density at radius 1 is 1.03 bits per heavy atom. The van der Waals surface area contributed by atoms with Gasteiger partial charge in [0.1, 0.15) is 11.1 Å². The maximum atomic E-state index is 13.3. The first-order chi connectivity index (χ1) is 17.7. The Bertz CT molecular complexity index is 1080. The van der Waals surface area contributed by atoms with E-state index < -0.39 is 23.5 Å². The van der Waals surface area contributed by atoms with E-state index in [9.17, 15) is 18.7 Å². The molecule has 1 amide bonds. The largest absolute Gasteiger partial charge is 0.382 e. The number of hydroxylamine groups is 1. The van der Waals surface area contributed by atoms with E-state index in [2.05, 4.69) is 34.2 Å². The van der Waals surface area contributed by atoms with Crippen LogP contribution >= 0.6 is 0 Å². The van der Waals surface area contributed by atoms with Crippen LogP contribution in [0.1, 0.15) is 42.5 Å². The average Bonchev–Trinajstić information content (AvgIpc) is 2.91. The summed E-state index contributed by atoms with van der Waals surface area (Å²) in [6.07, 6.45) is -2.04. The Balaban J connectivity index is 1.50. The van der Waals surface area contributed by atoms with Gasteiger partial charge in [-0.05, 0) is 68.6 Å². The zero-order valence-electron chi connectivity index (χ0n) is 21.3. The number of benzene rings is 2. The second kappa shape index (κ2) is 13.1. The van der Waals surface area contributed by atoms with E-state index in [1.165, 1.54) is 11.0 Å². The molecule has 37 heavy (non-hydrogen) atoms. The van der Waals surface area contributed by atoms with Crippen molar-refractivity contribution in [2.75, 3.05) is 32.8 Å². The molecule has 2 atom stereocenters. The minimum atomic E-state index is -3.19. The van der Waals surface area contributed by atoms with Crippen LogP contribution in [0.5, 0.6) is 0 Å². The summed E-state index contributed by atoms with van der Waals surface area (Å²) in [5.74, 6) is 5.22. The van der Waals surface area contributed by atoms with Gasteiger partial charge in [-0.3, -0.25) is 14.9 Å². The van der Waals surface area contributed by atoms with Crippen LogP contribution in [0.4, 0.5) is 8.78 Å². The fourth-order valence-corrected chi connectivity index (χ4v) is 4.06. The molecule has 3 rings (SSSR count). The molecular weight excluding hydrogens is 480 g/mol. The summed E-state index contributed by atoms with van der Waals surface area (Å²) >= 11 is 0. The van der Waals surface area contributed by atoms with Gasteiger partial charge in [0.05, 0.1) is 13.2 Å². The first-order valence-electron chi connectivity index (χ1n) is 12.4. The van der Waals surface area contributed by atoms with Gasteiger partial charge in [0.15, 0.2) is 0 Å². The molecule has 0 bridgehead atoms. The molecule has 0 saturated carbocycles. The summed E-state index contributed by atoms with van der Waals surface area (Å²) in [5, 5.41) is 21.8. The average molecular weight is 516 g/mol. The molecule has 1 saturated heterocycles.